The first-order valence-electron chi connectivity index (χ1n) is 5.12. The molecule has 0 unspecified atom stereocenters. The van der Waals surface area contributed by atoms with Crippen molar-refractivity contribution >= 4 is 27.7 Å². The molecule has 4 nitrogen and oxygen atoms in total. The molecule has 0 aromatic carbocycles. The summed E-state index contributed by atoms with van der Waals surface area (Å²) in [6.07, 6.45) is 2.35. The van der Waals surface area contributed by atoms with Crippen LogP contribution in [0.1, 0.15) is 16.1 Å². The van der Waals surface area contributed by atoms with Crippen LogP contribution in [0.25, 0.3) is 0 Å². The minimum absolute atomic E-state index is 0.0626. The van der Waals surface area contributed by atoms with Crippen LogP contribution in [0.5, 0.6) is 0 Å². The standard InChI is InChI=1S/C12H9BrFN3O/c1-7-9(13)2-3-11(16-7)17-12(18)8-4-5-15-6-10(8)14/h2-6H,1H3,(H,16,17,18). The van der Waals surface area contributed by atoms with Gasteiger partial charge in [0.05, 0.1) is 17.5 Å². The number of hydrogen-bond donors (Lipinski definition) is 1. The fourth-order valence-corrected chi connectivity index (χ4v) is 1.58. The molecule has 2 aromatic heterocycles. The van der Waals surface area contributed by atoms with Crippen LogP contribution in [0.3, 0.4) is 0 Å². The van der Waals surface area contributed by atoms with E-state index >= 15 is 0 Å². The first-order chi connectivity index (χ1) is 8.58. The predicted octanol–water partition coefficient (Wildman–Crippen LogP) is 2.94. The summed E-state index contributed by atoms with van der Waals surface area (Å²) >= 11 is 3.31. The molecule has 92 valence electrons. The van der Waals surface area contributed by atoms with Crippen molar-refractivity contribution in [2.24, 2.45) is 0 Å². The summed E-state index contributed by atoms with van der Waals surface area (Å²) in [7, 11) is 0. The number of carbonyl (C=O) groups excluding carboxylic acids is 1. The van der Waals surface area contributed by atoms with Crippen LogP contribution < -0.4 is 5.32 Å². The Kier molecular flexibility index (Phi) is 3.66. The van der Waals surface area contributed by atoms with Crippen LogP contribution in [-0.2, 0) is 0 Å². The molecule has 0 fully saturated rings. The van der Waals surface area contributed by atoms with Gasteiger partial charge in [0.25, 0.3) is 5.91 Å². The van der Waals surface area contributed by atoms with Crippen molar-refractivity contribution in [3.8, 4) is 0 Å². The molecule has 0 atom stereocenters. The predicted molar refractivity (Wildman–Crippen MR) is 68.8 cm³/mol. The molecular formula is C12H9BrFN3O. The molecule has 6 heteroatoms. The number of hydrogen-bond acceptors (Lipinski definition) is 3. The van der Waals surface area contributed by atoms with E-state index in [1.54, 1.807) is 19.1 Å². The number of rotatable bonds is 2. The number of aromatic nitrogens is 2. The van der Waals surface area contributed by atoms with Gasteiger partial charge >= 0.3 is 0 Å². The molecule has 0 saturated carbocycles. The third kappa shape index (κ3) is 2.70. The maximum Gasteiger partial charge on any atom is 0.259 e. The van der Waals surface area contributed by atoms with E-state index in [2.05, 4.69) is 31.2 Å². The van der Waals surface area contributed by atoms with Gasteiger partial charge in [-0.25, -0.2) is 9.37 Å². The highest BCUT2D eigenvalue weighted by Gasteiger charge is 2.12. The van der Waals surface area contributed by atoms with Crippen molar-refractivity contribution in [3.63, 3.8) is 0 Å². The van der Waals surface area contributed by atoms with E-state index in [9.17, 15) is 9.18 Å². The van der Waals surface area contributed by atoms with E-state index < -0.39 is 11.7 Å². The Morgan fingerprint density at radius 3 is 2.83 bits per heavy atom. The number of amides is 1. The Morgan fingerprint density at radius 2 is 2.17 bits per heavy atom. The van der Waals surface area contributed by atoms with Gasteiger partial charge in [0, 0.05) is 10.7 Å². The Hall–Kier alpha value is -1.82. The lowest BCUT2D eigenvalue weighted by Gasteiger charge is -2.06. The summed E-state index contributed by atoms with van der Waals surface area (Å²) in [5.74, 6) is -0.843. The summed E-state index contributed by atoms with van der Waals surface area (Å²) in [5, 5.41) is 2.53. The van der Waals surface area contributed by atoms with Crippen LogP contribution in [0.4, 0.5) is 10.2 Å². The van der Waals surface area contributed by atoms with Gasteiger partial charge < -0.3 is 5.32 Å². The average molecular weight is 310 g/mol. The fraction of sp³-hybridized carbons (Fsp3) is 0.0833. The van der Waals surface area contributed by atoms with Gasteiger partial charge in [0.2, 0.25) is 0 Å². The van der Waals surface area contributed by atoms with Gasteiger partial charge in [-0.1, -0.05) is 0 Å². The molecule has 2 rings (SSSR count). The van der Waals surface area contributed by atoms with Crippen LogP contribution >= 0.6 is 15.9 Å². The highest BCUT2D eigenvalue weighted by Crippen LogP contribution is 2.17. The Balaban J connectivity index is 2.22. The van der Waals surface area contributed by atoms with E-state index in [0.717, 1.165) is 16.4 Å². The molecule has 0 spiro atoms. The van der Waals surface area contributed by atoms with Crippen molar-refractivity contribution in [2.45, 2.75) is 6.92 Å². The lowest BCUT2D eigenvalue weighted by molar-refractivity contribution is 0.102. The minimum Gasteiger partial charge on any atom is -0.306 e. The minimum atomic E-state index is -0.663. The van der Waals surface area contributed by atoms with Crippen molar-refractivity contribution < 1.29 is 9.18 Å². The first-order valence-corrected chi connectivity index (χ1v) is 5.91. The lowest BCUT2D eigenvalue weighted by Crippen LogP contribution is -2.15. The van der Waals surface area contributed by atoms with Gasteiger partial charge in [0.1, 0.15) is 5.82 Å². The Morgan fingerprint density at radius 1 is 1.39 bits per heavy atom. The lowest BCUT2D eigenvalue weighted by atomic mass is 10.2. The molecule has 0 aliphatic heterocycles. The van der Waals surface area contributed by atoms with Crippen LogP contribution in [0.2, 0.25) is 0 Å². The first kappa shape index (κ1) is 12.6. The monoisotopic (exact) mass is 309 g/mol. The second-order valence-electron chi connectivity index (χ2n) is 3.57. The zero-order valence-corrected chi connectivity index (χ0v) is 11.0. The van der Waals surface area contributed by atoms with E-state index in [0.29, 0.717) is 5.82 Å². The molecule has 0 saturated heterocycles. The molecule has 2 aromatic rings. The molecule has 0 radical (unpaired) electrons. The summed E-state index contributed by atoms with van der Waals surface area (Å²) in [6.45, 7) is 1.80. The number of nitrogens with one attached hydrogen (secondary N) is 1. The van der Waals surface area contributed by atoms with Crippen LogP contribution in [0.15, 0.2) is 35.1 Å². The number of pyridine rings is 2. The van der Waals surface area contributed by atoms with Crippen molar-refractivity contribution in [1.29, 1.82) is 0 Å². The summed E-state index contributed by atoms with van der Waals surface area (Å²) in [4.78, 5) is 19.5. The Labute approximate surface area is 111 Å². The van der Waals surface area contributed by atoms with Crippen LogP contribution in [0, 0.1) is 12.7 Å². The largest absolute Gasteiger partial charge is 0.306 e. The average Bonchev–Trinajstić information content (AvgIpc) is 2.34. The zero-order valence-electron chi connectivity index (χ0n) is 9.45. The van der Waals surface area contributed by atoms with Gasteiger partial charge in [-0.05, 0) is 41.1 Å². The highest BCUT2D eigenvalue weighted by atomic mass is 79.9. The maximum atomic E-state index is 13.3. The van der Waals surface area contributed by atoms with E-state index in [1.807, 2.05) is 0 Å². The van der Waals surface area contributed by atoms with Gasteiger partial charge in [-0.3, -0.25) is 9.78 Å². The molecule has 2 heterocycles. The molecule has 0 bridgehead atoms. The number of anilines is 1. The smallest absolute Gasteiger partial charge is 0.259 e. The maximum absolute atomic E-state index is 13.3. The van der Waals surface area contributed by atoms with Gasteiger partial charge in [0.15, 0.2) is 5.82 Å². The van der Waals surface area contributed by atoms with Crippen molar-refractivity contribution in [1.82, 2.24) is 9.97 Å². The third-order valence-corrected chi connectivity index (χ3v) is 3.12. The number of carbonyl (C=O) groups is 1. The van der Waals surface area contributed by atoms with Gasteiger partial charge in [-0.2, -0.15) is 0 Å². The summed E-state index contributed by atoms with van der Waals surface area (Å²) in [6, 6.07) is 4.71. The third-order valence-electron chi connectivity index (χ3n) is 2.28. The van der Waals surface area contributed by atoms with E-state index in [1.165, 1.54) is 12.3 Å². The van der Waals surface area contributed by atoms with Crippen LogP contribution in [-0.4, -0.2) is 15.9 Å². The SMILES string of the molecule is Cc1nc(NC(=O)c2ccncc2F)ccc1Br. The normalized spacial score (nSPS) is 10.2. The zero-order chi connectivity index (χ0) is 13.1. The summed E-state index contributed by atoms with van der Waals surface area (Å²) < 4.78 is 14.2. The number of aryl methyl sites for hydroxylation is 1. The second kappa shape index (κ2) is 5.22. The second-order valence-corrected chi connectivity index (χ2v) is 4.43. The molecule has 1 amide bonds. The Bertz CT molecular complexity index is 604. The topological polar surface area (TPSA) is 54.9 Å². The van der Waals surface area contributed by atoms with Crippen molar-refractivity contribution in [3.05, 3.63) is 52.1 Å². The van der Waals surface area contributed by atoms with E-state index in [-0.39, 0.29) is 5.56 Å². The molecule has 0 aliphatic carbocycles. The number of halogens is 2. The molecular weight excluding hydrogens is 301 g/mol. The van der Waals surface area contributed by atoms with Crippen molar-refractivity contribution in [2.75, 3.05) is 5.32 Å². The molecule has 0 aliphatic rings. The molecule has 1 N–H and O–H groups in total. The van der Waals surface area contributed by atoms with Gasteiger partial charge in [-0.15, -0.1) is 0 Å². The number of nitrogens with zero attached hydrogens (tertiary/aromatic N) is 2. The molecule has 18 heavy (non-hydrogen) atoms. The highest BCUT2D eigenvalue weighted by molar-refractivity contribution is 9.10. The summed E-state index contributed by atoms with van der Waals surface area (Å²) in [5.41, 5.74) is 0.676. The quantitative estimate of drug-likeness (QED) is 0.928. The fourth-order valence-electron chi connectivity index (χ4n) is 1.36. The van der Waals surface area contributed by atoms with E-state index in [4.69, 9.17) is 0 Å².